The Balaban J connectivity index is 1.79. The lowest BCUT2D eigenvalue weighted by molar-refractivity contribution is -0.137. The molecule has 7 nitrogen and oxygen atoms in total. The fraction of sp³-hybridized carbons (Fsp3) is 0.348. The molecule has 1 saturated heterocycles. The monoisotopic (exact) mass is 460 g/mol. The van der Waals surface area contributed by atoms with E-state index >= 15 is 0 Å². The molecule has 1 heterocycles. The number of nitrogens with zero attached hydrogens (tertiary/aromatic N) is 3. The predicted molar refractivity (Wildman–Crippen MR) is 115 cm³/mol. The van der Waals surface area contributed by atoms with Crippen molar-refractivity contribution in [2.45, 2.75) is 26.1 Å². The number of hydrogen-bond donors (Lipinski definition) is 1. The van der Waals surface area contributed by atoms with E-state index in [2.05, 4.69) is 0 Å². The van der Waals surface area contributed by atoms with Crippen molar-refractivity contribution in [3.8, 4) is 11.8 Å². The second-order valence-electron chi connectivity index (χ2n) is 7.86. The van der Waals surface area contributed by atoms with Gasteiger partial charge in [0.1, 0.15) is 11.8 Å². The Morgan fingerprint density at radius 2 is 1.76 bits per heavy atom. The van der Waals surface area contributed by atoms with Crippen LogP contribution >= 0.6 is 0 Å². The van der Waals surface area contributed by atoms with Crippen LogP contribution in [0.5, 0.6) is 5.75 Å². The van der Waals surface area contributed by atoms with Gasteiger partial charge in [0.15, 0.2) is 0 Å². The highest BCUT2D eigenvalue weighted by atomic mass is 19.4. The summed E-state index contributed by atoms with van der Waals surface area (Å²) in [7, 11) is 0. The molecule has 174 valence electrons. The highest BCUT2D eigenvalue weighted by molar-refractivity contribution is 6.01. The number of rotatable bonds is 5. The Hall–Kier alpha value is -3.74. The summed E-state index contributed by atoms with van der Waals surface area (Å²) in [5.41, 5.74) is 5.16. The van der Waals surface area contributed by atoms with Crippen molar-refractivity contribution in [2.75, 3.05) is 31.1 Å². The maximum absolute atomic E-state index is 13.2. The van der Waals surface area contributed by atoms with Gasteiger partial charge >= 0.3 is 6.18 Å². The van der Waals surface area contributed by atoms with Crippen molar-refractivity contribution in [1.29, 1.82) is 5.26 Å². The molecule has 0 spiro atoms. The van der Waals surface area contributed by atoms with Crippen LogP contribution in [0, 0.1) is 11.3 Å². The Kier molecular flexibility index (Phi) is 6.81. The van der Waals surface area contributed by atoms with E-state index in [-0.39, 0.29) is 41.8 Å². The Morgan fingerprint density at radius 1 is 1.09 bits per heavy atom. The van der Waals surface area contributed by atoms with Gasteiger partial charge in [-0.2, -0.15) is 18.4 Å². The van der Waals surface area contributed by atoms with Crippen LogP contribution in [0.2, 0.25) is 0 Å². The molecule has 0 atom stereocenters. The number of piperazine rings is 1. The predicted octanol–water partition coefficient (Wildman–Crippen LogP) is 3.43. The van der Waals surface area contributed by atoms with Crippen molar-refractivity contribution < 1.29 is 27.5 Å². The second-order valence-corrected chi connectivity index (χ2v) is 7.86. The van der Waals surface area contributed by atoms with Crippen molar-refractivity contribution in [1.82, 2.24) is 4.90 Å². The molecule has 0 aliphatic carbocycles. The number of carbonyl (C=O) groups is 2. The van der Waals surface area contributed by atoms with E-state index in [0.29, 0.717) is 24.5 Å². The van der Waals surface area contributed by atoms with Gasteiger partial charge in [-0.15, -0.1) is 0 Å². The number of nitrogens with two attached hydrogens (primary N) is 1. The molecule has 2 N–H and O–H groups in total. The number of nitriles is 1. The zero-order valence-electron chi connectivity index (χ0n) is 18.1. The van der Waals surface area contributed by atoms with Crippen molar-refractivity contribution in [3.63, 3.8) is 0 Å². The van der Waals surface area contributed by atoms with Crippen LogP contribution in [0.3, 0.4) is 0 Å². The number of hydrogen-bond acceptors (Lipinski definition) is 5. The maximum Gasteiger partial charge on any atom is 0.416 e. The van der Waals surface area contributed by atoms with Crippen LogP contribution in [0.4, 0.5) is 18.9 Å². The minimum atomic E-state index is -4.54. The molecule has 1 aliphatic heterocycles. The number of primary amides is 1. The number of alkyl halides is 3. The van der Waals surface area contributed by atoms with Gasteiger partial charge < -0.3 is 20.3 Å². The molecule has 2 aromatic rings. The van der Waals surface area contributed by atoms with E-state index < -0.39 is 17.6 Å². The average Bonchev–Trinajstić information content (AvgIpc) is 2.77. The first-order chi connectivity index (χ1) is 15.5. The molecule has 0 saturated carbocycles. The molecule has 3 rings (SSSR count). The highest BCUT2D eigenvalue weighted by Gasteiger charge is 2.32. The Labute approximate surface area is 189 Å². The normalized spacial score (nSPS) is 14.2. The minimum Gasteiger partial charge on any atom is -0.490 e. The molecule has 1 aliphatic rings. The lowest BCUT2D eigenvalue weighted by atomic mass is 10.1. The van der Waals surface area contributed by atoms with Gasteiger partial charge in [-0.05, 0) is 50.2 Å². The van der Waals surface area contributed by atoms with E-state index in [1.807, 2.05) is 19.9 Å². The van der Waals surface area contributed by atoms with Gasteiger partial charge in [0.25, 0.3) is 5.91 Å². The van der Waals surface area contributed by atoms with E-state index in [1.54, 1.807) is 9.80 Å². The summed E-state index contributed by atoms with van der Waals surface area (Å²) in [5, 5.41) is 9.34. The summed E-state index contributed by atoms with van der Waals surface area (Å²) < 4.78 is 44.6. The number of anilines is 1. The zero-order valence-corrected chi connectivity index (χ0v) is 18.1. The van der Waals surface area contributed by atoms with Gasteiger partial charge in [-0.3, -0.25) is 9.59 Å². The van der Waals surface area contributed by atoms with Gasteiger partial charge in [0, 0.05) is 31.7 Å². The van der Waals surface area contributed by atoms with E-state index in [9.17, 15) is 28.0 Å². The van der Waals surface area contributed by atoms with Crippen LogP contribution in [0.1, 0.15) is 45.7 Å². The smallest absolute Gasteiger partial charge is 0.416 e. The first-order valence-corrected chi connectivity index (χ1v) is 10.3. The van der Waals surface area contributed by atoms with E-state index in [0.717, 1.165) is 12.1 Å². The summed E-state index contributed by atoms with van der Waals surface area (Å²) in [6, 6.07) is 9.30. The fourth-order valence-electron chi connectivity index (χ4n) is 3.61. The fourth-order valence-corrected chi connectivity index (χ4v) is 3.61. The van der Waals surface area contributed by atoms with Crippen molar-refractivity contribution >= 4 is 17.5 Å². The van der Waals surface area contributed by atoms with Gasteiger partial charge in [0.05, 0.1) is 28.5 Å². The van der Waals surface area contributed by atoms with Crippen LogP contribution in [0.25, 0.3) is 0 Å². The summed E-state index contributed by atoms with van der Waals surface area (Å²) in [4.78, 5) is 28.1. The summed E-state index contributed by atoms with van der Waals surface area (Å²) in [5.74, 6) is -0.686. The molecular formula is C23H23F3N4O3. The average molecular weight is 460 g/mol. The van der Waals surface area contributed by atoms with Crippen LogP contribution < -0.4 is 15.4 Å². The number of amides is 2. The molecule has 2 amide bonds. The van der Waals surface area contributed by atoms with E-state index in [1.165, 1.54) is 24.3 Å². The Morgan fingerprint density at radius 3 is 2.30 bits per heavy atom. The molecule has 10 heteroatoms. The van der Waals surface area contributed by atoms with Crippen molar-refractivity contribution in [2.24, 2.45) is 5.73 Å². The lowest BCUT2D eigenvalue weighted by Crippen LogP contribution is -2.49. The second kappa shape index (κ2) is 9.40. The third-order valence-electron chi connectivity index (χ3n) is 5.21. The first kappa shape index (κ1) is 23.9. The molecule has 33 heavy (non-hydrogen) atoms. The summed E-state index contributed by atoms with van der Waals surface area (Å²) in [6.07, 6.45) is -4.73. The topological polar surface area (TPSA) is 99.7 Å². The van der Waals surface area contributed by atoms with Crippen LogP contribution in [-0.4, -0.2) is 49.0 Å². The number of ether oxygens (including phenoxy) is 1. The molecule has 0 unspecified atom stereocenters. The molecular weight excluding hydrogens is 437 g/mol. The zero-order chi connectivity index (χ0) is 24.3. The third-order valence-corrected chi connectivity index (χ3v) is 5.21. The molecule has 0 bridgehead atoms. The minimum absolute atomic E-state index is 0.0774. The molecule has 0 radical (unpaired) electrons. The standard InChI is InChI=1S/C23H23F3N4O3/c1-14(2)33-20-6-3-15(21(28)31)12-18(20)22(32)30-9-7-29(8-10-30)19-5-4-17(23(24,25)26)11-16(19)13-27/h3-6,11-12,14H,7-10H2,1-2H3,(H2,28,31). The first-order valence-electron chi connectivity index (χ1n) is 10.3. The number of benzene rings is 2. The number of carbonyl (C=O) groups excluding carboxylic acids is 2. The molecule has 1 fully saturated rings. The highest BCUT2D eigenvalue weighted by Crippen LogP contribution is 2.33. The maximum atomic E-state index is 13.2. The SMILES string of the molecule is CC(C)Oc1ccc(C(N)=O)cc1C(=O)N1CCN(c2ccc(C(F)(F)F)cc2C#N)CC1. The number of halogens is 3. The Bertz CT molecular complexity index is 1100. The third kappa shape index (κ3) is 5.37. The van der Waals surface area contributed by atoms with Crippen LogP contribution in [-0.2, 0) is 6.18 Å². The summed E-state index contributed by atoms with van der Waals surface area (Å²) >= 11 is 0. The largest absolute Gasteiger partial charge is 0.490 e. The molecule has 0 aromatic heterocycles. The summed E-state index contributed by atoms with van der Waals surface area (Å²) in [6.45, 7) is 4.81. The lowest BCUT2D eigenvalue weighted by Gasteiger charge is -2.36. The van der Waals surface area contributed by atoms with E-state index in [4.69, 9.17) is 10.5 Å². The van der Waals surface area contributed by atoms with Crippen molar-refractivity contribution in [3.05, 3.63) is 58.7 Å². The van der Waals surface area contributed by atoms with Crippen LogP contribution in [0.15, 0.2) is 36.4 Å². The van der Waals surface area contributed by atoms with Gasteiger partial charge in [-0.25, -0.2) is 0 Å². The quantitative estimate of drug-likeness (QED) is 0.737. The van der Waals surface area contributed by atoms with Gasteiger partial charge in [0.2, 0.25) is 5.91 Å². The molecule has 2 aromatic carbocycles. The van der Waals surface area contributed by atoms with Gasteiger partial charge in [-0.1, -0.05) is 0 Å².